The number of aromatic nitrogens is 2. The van der Waals surface area contributed by atoms with E-state index in [2.05, 4.69) is 15.3 Å². The number of carbonyl (C=O) groups is 1. The summed E-state index contributed by atoms with van der Waals surface area (Å²) in [6.07, 6.45) is 3.20. The molecule has 2 aromatic heterocycles. The van der Waals surface area contributed by atoms with Crippen LogP contribution in [0, 0.1) is 0 Å². The number of nitrogens with one attached hydrogen (secondary N) is 2. The molecule has 0 saturated heterocycles. The second-order valence-corrected chi connectivity index (χ2v) is 4.30. The van der Waals surface area contributed by atoms with Gasteiger partial charge in [-0.15, -0.1) is 0 Å². The Kier molecular flexibility index (Phi) is 2.83. The maximum Gasteiger partial charge on any atom is 0.267 e. The topological polar surface area (TPSA) is 57.8 Å². The molecule has 0 saturated carbocycles. The van der Waals surface area contributed by atoms with Gasteiger partial charge in [0, 0.05) is 17.6 Å². The molecule has 0 aliphatic carbocycles. The lowest BCUT2D eigenvalue weighted by molar-refractivity contribution is 0.0939. The number of rotatable bonds is 2. The van der Waals surface area contributed by atoms with Crippen LogP contribution in [0.3, 0.4) is 0 Å². The van der Waals surface area contributed by atoms with Gasteiger partial charge in [-0.05, 0) is 19.9 Å². The lowest BCUT2D eigenvalue weighted by Gasteiger charge is -2.05. The molecule has 0 radical (unpaired) electrons. The minimum absolute atomic E-state index is 0.104. The zero-order valence-corrected chi connectivity index (χ0v) is 9.80. The molecule has 5 heteroatoms. The molecular weight excluding hydrogens is 226 g/mol. The number of fused-ring (bicyclic) bond motifs is 1. The maximum atomic E-state index is 11.7. The third-order valence-corrected chi connectivity index (χ3v) is 2.46. The fourth-order valence-electron chi connectivity index (χ4n) is 1.48. The molecule has 1 amide bonds. The fourth-order valence-corrected chi connectivity index (χ4v) is 1.69. The molecule has 2 rings (SSSR count). The highest BCUT2D eigenvalue weighted by Gasteiger charge is 2.11. The first-order valence-electron chi connectivity index (χ1n) is 5.01. The largest absolute Gasteiger partial charge is 0.349 e. The first-order chi connectivity index (χ1) is 7.58. The molecular formula is C11H12ClN3O. The Hall–Kier alpha value is -1.55. The molecule has 0 atom stereocenters. The number of halogens is 1. The molecule has 0 bridgehead atoms. The van der Waals surface area contributed by atoms with E-state index in [0.29, 0.717) is 10.7 Å². The summed E-state index contributed by atoms with van der Waals surface area (Å²) in [4.78, 5) is 18.7. The first kappa shape index (κ1) is 11.0. The molecule has 0 fully saturated rings. The van der Waals surface area contributed by atoms with Gasteiger partial charge in [0.05, 0.1) is 16.7 Å². The van der Waals surface area contributed by atoms with Crippen LogP contribution in [0.1, 0.15) is 24.3 Å². The van der Waals surface area contributed by atoms with Gasteiger partial charge < -0.3 is 10.3 Å². The maximum absolute atomic E-state index is 11.7. The normalized spacial score (nSPS) is 11.0. The van der Waals surface area contributed by atoms with Gasteiger partial charge in [0.25, 0.3) is 5.91 Å². The molecule has 0 aromatic carbocycles. The molecule has 0 aliphatic rings. The van der Waals surface area contributed by atoms with Crippen molar-refractivity contribution in [1.29, 1.82) is 0 Å². The summed E-state index contributed by atoms with van der Waals surface area (Å²) >= 11 is 5.97. The van der Waals surface area contributed by atoms with Gasteiger partial charge in [-0.2, -0.15) is 0 Å². The second-order valence-electron chi connectivity index (χ2n) is 3.89. The molecule has 2 N–H and O–H groups in total. The third kappa shape index (κ3) is 2.02. The monoisotopic (exact) mass is 237 g/mol. The number of H-pyrrole nitrogens is 1. The van der Waals surface area contributed by atoms with E-state index >= 15 is 0 Å². The summed E-state index contributed by atoms with van der Waals surface area (Å²) in [5.41, 5.74) is 1.26. The van der Waals surface area contributed by atoms with E-state index in [0.717, 1.165) is 10.9 Å². The minimum Gasteiger partial charge on any atom is -0.349 e. The molecule has 2 aromatic rings. The van der Waals surface area contributed by atoms with Gasteiger partial charge in [0.1, 0.15) is 5.69 Å². The number of aromatic amines is 1. The second kappa shape index (κ2) is 4.14. The van der Waals surface area contributed by atoms with Crippen LogP contribution in [0.4, 0.5) is 0 Å². The summed E-state index contributed by atoms with van der Waals surface area (Å²) in [7, 11) is 0. The number of hydrogen-bond donors (Lipinski definition) is 2. The Bertz CT molecular complexity index is 533. The van der Waals surface area contributed by atoms with Crippen molar-refractivity contribution in [1.82, 2.24) is 15.3 Å². The Labute approximate surface area is 98.0 Å². The van der Waals surface area contributed by atoms with E-state index in [1.807, 2.05) is 13.8 Å². The smallest absolute Gasteiger partial charge is 0.267 e. The number of hydrogen-bond acceptors (Lipinski definition) is 2. The van der Waals surface area contributed by atoms with Crippen molar-refractivity contribution in [3.05, 3.63) is 29.2 Å². The van der Waals surface area contributed by atoms with E-state index < -0.39 is 0 Å². The lowest BCUT2D eigenvalue weighted by atomic mass is 10.3. The van der Waals surface area contributed by atoms with E-state index in [1.165, 1.54) is 0 Å². The Morgan fingerprint density at radius 1 is 1.50 bits per heavy atom. The minimum atomic E-state index is -0.137. The molecule has 4 nitrogen and oxygen atoms in total. The summed E-state index contributed by atoms with van der Waals surface area (Å²) in [5, 5.41) is 4.16. The molecule has 2 heterocycles. The van der Waals surface area contributed by atoms with Gasteiger partial charge in [0.15, 0.2) is 0 Å². The van der Waals surface area contributed by atoms with Gasteiger partial charge in [-0.3, -0.25) is 9.78 Å². The van der Waals surface area contributed by atoms with E-state index in [9.17, 15) is 4.79 Å². The Morgan fingerprint density at radius 3 is 2.88 bits per heavy atom. The number of nitrogens with zero attached hydrogens (tertiary/aromatic N) is 1. The zero-order chi connectivity index (χ0) is 11.7. The zero-order valence-electron chi connectivity index (χ0n) is 9.04. The van der Waals surface area contributed by atoms with Crippen molar-refractivity contribution < 1.29 is 4.79 Å². The van der Waals surface area contributed by atoms with Crippen LogP contribution in [0.2, 0.25) is 5.02 Å². The lowest BCUT2D eigenvalue weighted by Crippen LogP contribution is -2.30. The molecule has 0 unspecified atom stereocenters. The van der Waals surface area contributed by atoms with Crippen LogP contribution >= 0.6 is 11.6 Å². The van der Waals surface area contributed by atoms with Crippen LogP contribution in [0.15, 0.2) is 18.5 Å². The summed E-state index contributed by atoms with van der Waals surface area (Å²) in [6, 6.07) is 1.84. The Balaban J connectivity index is 2.40. The fraction of sp³-hybridized carbons (Fsp3) is 0.273. The van der Waals surface area contributed by atoms with Crippen LogP contribution in [0.5, 0.6) is 0 Å². The Morgan fingerprint density at radius 2 is 2.25 bits per heavy atom. The average Bonchev–Trinajstić information content (AvgIpc) is 2.61. The average molecular weight is 238 g/mol. The number of carbonyl (C=O) groups excluding carboxylic acids is 1. The summed E-state index contributed by atoms with van der Waals surface area (Å²) in [5.74, 6) is -0.137. The quantitative estimate of drug-likeness (QED) is 0.843. The van der Waals surface area contributed by atoms with Gasteiger partial charge in [-0.1, -0.05) is 11.6 Å². The van der Waals surface area contributed by atoms with Crippen molar-refractivity contribution in [3.63, 3.8) is 0 Å². The predicted molar refractivity (Wildman–Crippen MR) is 63.7 cm³/mol. The van der Waals surface area contributed by atoms with Crippen molar-refractivity contribution in [2.75, 3.05) is 0 Å². The van der Waals surface area contributed by atoms with Crippen LogP contribution < -0.4 is 5.32 Å². The van der Waals surface area contributed by atoms with Crippen molar-refractivity contribution in [2.24, 2.45) is 0 Å². The highest BCUT2D eigenvalue weighted by molar-refractivity contribution is 6.35. The SMILES string of the molecule is CC(C)NC(=O)c1cc2c(Cl)cncc2[nH]1. The highest BCUT2D eigenvalue weighted by Crippen LogP contribution is 2.22. The number of pyridine rings is 1. The van der Waals surface area contributed by atoms with Crippen LogP contribution in [-0.4, -0.2) is 21.9 Å². The number of amides is 1. The molecule has 16 heavy (non-hydrogen) atoms. The third-order valence-electron chi connectivity index (χ3n) is 2.16. The van der Waals surface area contributed by atoms with Gasteiger partial charge >= 0.3 is 0 Å². The standard InChI is InChI=1S/C11H12ClN3O/c1-6(2)14-11(16)9-3-7-8(12)4-13-5-10(7)15-9/h3-6,15H,1-2H3,(H,14,16). The summed E-state index contributed by atoms with van der Waals surface area (Å²) < 4.78 is 0. The van der Waals surface area contributed by atoms with Crippen LogP contribution in [0.25, 0.3) is 10.9 Å². The van der Waals surface area contributed by atoms with Gasteiger partial charge in [-0.25, -0.2) is 0 Å². The van der Waals surface area contributed by atoms with E-state index in [4.69, 9.17) is 11.6 Å². The van der Waals surface area contributed by atoms with E-state index in [-0.39, 0.29) is 11.9 Å². The van der Waals surface area contributed by atoms with Crippen LogP contribution in [-0.2, 0) is 0 Å². The van der Waals surface area contributed by atoms with Crippen molar-refractivity contribution in [3.8, 4) is 0 Å². The van der Waals surface area contributed by atoms with Crippen molar-refractivity contribution in [2.45, 2.75) is 19.9 Å². The first-order valence-corrected chi connectivity index (χ1v) is 5.39. The predicted octanol–water partition coefficient (Wildman–Crippen LogP) is 2.35. The molecule has 0 aliphatic heterocycles. The van der Waals surface area contributed by atoms with Crippen molar-refractivity contribution >= 4 is 28.4 Å². The van der Waals surface area contributed by atoms with E-state index in [1.54, 1.807) is 18.5 Å². The molecule has 0 spiro atoms. The highest BCUT2D eigenvalue weighted by atomic mass is 35.5. The molecule has 84 valence electrons. The summed E-state index contributed by atoms with van der Waals surface area (Å²) in [6.45, 7) is 3.82. The van der Waals surface area contributed by atoms with Gasteiger partial charge in [0.2, 0.25) is 0 Å².